The fraction of sp³-hybridized carbons (Fsp3) is 0. The first-order chi connectivity index (χ1) is 3.13. The first-order valence-corrected chi connectivity index (χ1v) is 1.98. The average Bonchev–Trinajstić information content (AvgIpc) is 1.27. The van der Waals surface area contributed by atoms with Gasteiger partial charge in [0.2, 0.25) is 0 Å². The first-order valence-electron chi connectivity index (χ1n) is 1.57. The van der Waals surface area contributed by atoms with Crippen LogP contribution >= 0.6 is 12.2 Å². The molecular weight excluding hydrogens is 112 g/mol. The topological polar surface area (TPSA) is 92.0 Å². The number of nitrogens with one attached hydrogen (secondary N) is 1. The van der Waals surface area contributed by atoms with Crippen LogP contribution in [0, 0.1) is 0 Å². The van der Waals surface area contributed by atoms with Crippen molar-refractivity contribution in [3.05, 3.63) is 0 Å². The van der Waals surface area contributed by atoms with Gasteiger partial charge >= 0.3 is 5.96 Å². The maximum absolute atomic E-state index is 4.93. The second-order valence-corrected chi connectivity index (χ2v) is 1.38. The van der Waals surface area contributed by atoms with Gasteiger partial charge in [-0.25, -0.2) is 4.99 Å². The van der Waals surface area contributed by atoms with Crippen LogP contribution < -0.4 is 22.2 Å². The predicted molar refractivity (Wildman–Crippen MR) is 31.1 cm³/mol. The Morgan fingerprint density at radius 3 is 1.71 bits per heavy atom. The Morgan fingerprint density at radius 1 is 1.29 bits per heavy atom. The maximum atomic E-state index is 4.93. The van der Waals surface area contributed by atoms with Gasteiger partial charge in [0.05, 0.1) is 0 Å². The molecule has 0 spiro atoms. The van der Waals surface area contributed by atoms with Gasteiger partial charge in [0.15, 0.2) is 0 Å². The molecule has 0 saturated heterocycles. The van der Waals surface area contributed by atoms with Crippen molar-refractivity contribution in [2.75, 3.05) is 0 Å². The third-order valence-electron chi connectivity index (χ3n) is 0.268. The minimum absolute atomic E-state index is 0.0208. The largest absolute Gasteiger partial charge is 0.325 e. The van der Waals surface area contributed by atoms with Crippen molar-refractivity contribution >= 4 is 23.3 Å². The molecule has 0 aromatic carbocycles. The second kappa shape index (κ2) is 2.35. The molecule has 0 bridgehead atoms. The van der Waals surface area contributed by atoms with Crippen molar-refractivity contribution < 1.29 is 4.99 Å². The lowest BCUT2D eigenvalue weighted by molar-refractivity contribution is -0.315. The summed E-state index contributed by atoms with van der Waals surface area (Å²) in [5, 5.41) is 0.0833. The van der Waals surface area contributed by atoms with Crippen LogP contribution in [-0.2, 0) is 0 Å². The van der Waals surface area contributed by atoms with E-state index in [4.69, 9.17) is 17.2 Å². The molecule has 0 saturated carbocycles. The van der Waals surface area contributed by atoms with Crippen molar-refractivity contribution in [3.8, 4) is 0 Å². The Bertz CT molecular complexity index is 102. The smallest absolute Gasteiger partial charge is 0.303 e. The van der Waals surface area contributed by atoms with Gasteiger partial charge < -0.3 is 17.2 Å². The van der Waals surface area contributed by atoms with Crippen LogP contribution in [0.15, 0.2) is 0 Å². The van der Waals surface area contributed by atoms with E-state index in [0.717, 1.165) is 0 Å². The molecule has 4 nitrogen and oxygen atoms in total. The molecule has 0 aliphatic heterocycles. The fourth-order valence-corrected chi connectivity index (χ4v) is 0.260. The number of nitrogens with two attached hydrogens (primary N) is 3. The Kier molecular flexibility index (Phi) is 2.07. The van der Waals surface area contributed by atoms with Crippen molar-refractivity contribution in [2.45, 2.75) is 0 Å². The summed E-state index contributed by atoms with van der Waals surface area (Å²) in [6, 6.07) is 0. The number of hydrogen-bond donors (Lipinski definition) is 4. The van der Waals surface area contributed by atoms with Crippen LogP contribution in [0.25, 0.3) is 0 Å². The van der Waals surface area contributed by atoms with Crippen LogP contribution in [0.3, 0.4) is 0 Å². The van der Waals surface area contributed by atoms with Crippen LogP contribution in [0.2, 0.25) is 0 Å². The first kappa shape index (κ1) is 6.16. The summed E-state index contributed by atoms with van der Waals surface area (Å²) < 4.78 is 0. The molecule has 0 fully saturated rings. The standard InChI is InChI=1S/C2H6N4S/c3-1(4)6-2(5)7/h(H6,3,4,5,6,7)/p+1. The van der Waals surface area contributed by atoms with E-state index in [-0.39, 0.29) is 11.1 Å². The minimum atomic E-state index is 0.0208. The molecule has 5 heteroatoms. The predicted octanol–water partition coefficient (Wildman–Crippen LogP) is -3.42. The van der Waals surface area contributed by atoms with E-state index in [1.54, 1.807) is 0 Å². The minimum Gasteiger partial charge on any atom is -0.325 e. The quantitative estimate of drug-likeness (QED) is 0.152. The molecule has 0 aromatic rings. The van der Waals surface area contributed by atoms with Gasteiger partial charge in [0.25, 0.3) is 5.11 Å². The SMILES string of the molecule is NC(=S)[NH+]=C(N)N. The molecule has 0 aliphatic carbocycles. The lowest BCUT2D eigenvalue weighted by atomic mass is 11.0. The summed E-state index contributed by atoms with van der Waals surface area (Å²) in [6.07, 6.45) is 0. The number of thiocarbonyl (C=S) groups is 1. The molecule has 0 heterocycles. The van der Waals surface area contributed by atoms with Gasteiger partial charge in [-0.05, 0) is 12.2 Å². The molecule has 7 N–H and O–H groups in total. The third-order valence-corrected chi connectivity index (χ3v) is 0.370. The van der Waals surface area contributed by atoms with Crippen molar-refractivity contribution in [2.24, 2.45) is 17.2 Å². The normalized spacial score (nSPS) is 7.43. The molecule has 0 unspecified atom stereocenters. The van der Waals surface area contributed by atoms with Gasteiger partial charge in [-0.1, -0.05) is 0 Å². The molecule has 0 aromatic heterocycles. The van der Waals surface area contributed by atoms with E-state index in [2.05, 4.69) is 17.2 Å². The molecule has 0 aliphatic rings. The van der Waals surface area contributed by atoms with E-state index in [9.17, 15) is 0 Å². The zero-order chi connectivity index (χ0) is 5.86. The number of hydrogen-bond acceptors (Lipinski definition) is 1. The highest BCUT2D eigenvalue weighted by Crippen LogP contribution is 1.31. The van der Waals surface area contributed by atoms with E-state index < -0.39 is 0 Å². The zero-order valence-corrected chi connectivity index (χ0v) is 4.46. The van der Waals surface area contributed by atoms with Crippen LogP contribution in [-0.4, -0.2) is 11.1 Å². The van der Waals surface area contributed by atoms with Crippen molar-refractivity contribution in [1.29, 1.82) is 0 Å². The van der Waals surface area contributed by atoms with Gasteiger partial charge in [-0.15, -0.1) is 0 Å². The molecule has 0 atom stereocenters. The van der Waals surface area contributed by atoms with E-state index >= 15 is 0 Å². The summed E-state index contributed by atoms with van der Waals surface area (Å²) in [4.78, 5) is 2.29. The Balaban J connectivity index is 3.68. The van der Waals surface area contributed by atoms with Crippen LogP contribution in [0.4, 0.5) is 0 Å². The third kappa shape index (κ3) is 5.16. The molecule has 0 radical (unpaired) electrons. The summed E-state index contributed by atoms with van der Waals surface area (Å²) in [5.74, 6) is 0.0208. The Morgan fingerprint density at radius 2 is 1.71 bits per heavy atom. The summed E-state index contributed by atoms with van der Waals surface area (Å²) in [6.45, 7) is 0. The molecule has 7 heavy (non-hydrogen) atoms. The maximum Gasteiger partial charge on any atom is 0.303 e. The fourth-order valence-electron chi connectivity index (χ4n) is 0.142. The van der Waals surface area contributed by atoms with Gasteiger partial charge in [-0.3, -0.25) is 0 Å². The van der Waals surface area contributed by atoms with Crippen molar-refractivity contribution in [1.82, 2.24) is 0 Å². The average molecular weight is 119 g/mol. The second-order valence-electron chi connectivity index (χ2n) is 0.945. The Hall–Kier alpha value is -0.840. The summed E-state index contributed by atoms with van der Waals surface area (Å²) in [5.41, 5.74) is 14.8. The lowest BCUT2D eigenvalue weighted by Gasteiger charge is -1.80. The number of rotatable bonds is 0. The summed E-state index contributed by atoms with van der Waals surface area (Å²) >= 11 is 4.36. The molecule has 0 amide bonds. The highest BCUT2D eigenvalue weighted by atomic mass is 32.1. The van der Waals surface area contributed by atoms with Gasteiger partial charge in [0, 0.05) is 0 Å². The zero-order valence-electron chi connectivity index (χ0n) is 3.64. The lowest BCUT2D eigenvalue weighted by Crippen LogP contribution is -2.83. The Labute approximate surface area is 46.4 Å². The monoisotopic (exact) mass is 119 g/mol. The highest BCUT2D eigenvalue weighted by Gasteiger charge is 1.83. The van der Waals surface area contributed by atoms with Gasteiger partial charge in [0.1, 0.15) is 0 Å². The van der Waals surface area contributed by atoms with E-state index in [1.807, 2.05) is 0 Å². The van der Waals surface area contributed by atoms with Gasteiger partial charge in [-0.2, -0.15) is 0 Å². The van der Waals surface area contributed by atoms with Crippen LogP contribution in [0.1, 0.15) is 0 Å². The molecule has 0 rings (SSSR count). The van der Waals surface area contributed by atoms with E-state index in [1.165, 1.54) is 0 Å². The molecule has 40 valence electrons. The van der Waals surface area contributed by atoms with Crippen LogP contribution in [0.5, 0.6) is 0 Å². The van der Waals surface area contributed by atoms with Crippen molar-refractivity contribution in [3.63, 3.8) is 0 Å². The van der Waals surface area contributed by atoms with E-state index in [0.29, 0.717) is 0 Å². The molecular formula is C2H7N4S+. The highest BCUT2D eigenvalue weighted by molar-refractivity contribution is 7.79. The number of guanidine groups is 1. The summed E-state index contributed by atoms with van der Waals surface area (Å²) in [7, 11) is 0.